The predicted molar refractivity (Wildman–Crippen MR) is 64.2 cm³/mol. The maximum absolute atomic E-state index is 5.44. The van der Waals surface area contributed by atoms with E-state index < -0.39 is 0 Å². The summed E-state index contributed by atoms with van der Waals surface area (Å²) in [5, 5.41) is 11.1. The Labute approximate surface area is 101 Å². The Morgan fingerprint density at radius 2 is 2.29 bits per heavy atom. The molecule has 2 bridgehead atoms. The van der Waals surface area contributed by atoms with Gasteiger partial charge in [0.15, 0.2) is 0 Å². The Kier molecular flexibility index (Phi) is 2.78. The van der Waals surface area contributed by atoms with Crippen LogP contribution in [0.4, 0.5) is 6.01 Å². The highest BCUT2D eigenvalue weighted by atomic mass is 16.4. The minimum atomic E-state index is 0.303. The lowest BCUT2D eigenvalue weighted by Crippen LogP contribution is -2.30. The molecule has 0 saturated heterocycles. The first-order chi connectivity index (χ1) is 8.26. The van der Waals surface area contributed by atoms with Gasteiger partial charge in [0.2, 0.25) is 5.89 Å². The van der Waals surface area contributed by atoms with Gasteiger partial charge in [0.05, 0.1) is 6.54 Å². The molecular formula is C12H20N4O. The monoisotopic (exact) mass is 236 g/mol. The van der Waals surface area contributed by atoms with Gasteiger partial charge < -0.3 is 15.5 Å². The van der Waals surface area contributed by atoms with Crippen LogP contribution in [0.25, 0.3) is 0 Å². The minimum absolute atomic E-state index is 0.303. The minimum Gasteiger partial charge on any atom is -0.407 e. The highest BCUT2D eigenvalue weighted by Gasteiger charge is 2.42. The first-order valence-electron chi connectivity index (χ1n) is 6.55. The van der Waals surface area contributed by atoms with Crippen LogP contribution in [0, 0.1) is 17.8 Å². The fraction of sp³-hybridized carbons (Fsp3) is 0.833. The van der Waals surface area contributed by atoms with Gasteiger partial charge in [-0.15, -0.1) is 5.10 Å². The largest absolute Gasteiger partial charge is 0.407 e. The molecule has 4 atom stereocenters. The number of fused-ring (bicyclic) bond motifs is 2. The van der Waals surface area contributed by atoms with E-state index in [4.69, 9.17) is 10.2 Å². The van der Waals surface area contributed by atoms with E-state index in [0.717, 1.165) is 17.8 Å². The van der Waals surface area contributed by atoms with Gasteiger partial charge in [-0.1, -0.05) is 11.5 Å². The maximum atomic E-state index is 5.44. The molecule has 0 spiro atoms. The number of nitrogens with zero attached hydrogens (tertiary/aromatic N) is 2. The van der Waals surface area contributed by atoms with Gasteiger partial charge in [-0.05, 0) is 43.9 Å². The fourth-order valence-electron chi connectivity index (χ4n) is 3.60. The van der Waals surface area contributed by atoms with Crippen molar-refractivity contribution < 1.29 is 4.42 Å². The van der Waals surface area contributed by atoms with Crippen LogP contribution in [0.2, 0.25) is 0 Å². The van der Waals surface area contributed by atoms with Crippen LogP contribution < -0.4 is 11.1 Å². The van der Waals surface area contributed by atoms with Crippen molar-refractivity contribution in [3.8, 4) is 0 Å². The molecular weight excluding hydrogens is 216 g/mol. The van der Waals surface area contributed by atoms with E-state index in [1.807, 2.05) is 0 Å². The van der Waals surface area contributed by atoms with E-state index >= 15 is 0 Å². The summed E-state index contributed by atoms with van der Waals surface area (Å²) in [6.45, 7) is 2.52. The molecule has 0 radical (unpaired) electrons. The third-order valence-corrected chi connectivity index (χ3v) is 4.43. The summed E-state index contributed by atoms with van der Waals surface area (Å²) in [5.41, 5.74) is 5.44. The molecule has 2 aliphatic rings. The van der Waals surface area contributed by atoms with Crippen molar-refractivity contribution in [2.75, 3.05) is 5.32 Å². The Hall–Kier alpha value is -1.10. The third kappa shape index (κ3) is 2.04. The van der Waals surface area contributed by atoms with Crippen molar-refractivity contribution in [3.05, 3.63) is 5.89 Å². The van der Waals surface area contributed by atoms with Crippen LogP contribution in [0.1, 0.15) is 38.5 Å². The predicted octanol–water partition coefficient (Wildman–Crippen LogP) is 1.76. The zero-order chi connectivity index (χ0) is 11.8. The molecule has 17 heavy (non-hydrogen) atoms. The van der Waals surface area contributed by atoms with Gasteiger partial charge in [0, 0.05) is 6.04 Å². The SMILES string of the molecule is CC(Nc1nnc(CN)o1)C1CC2CCC1C2. The Balaban J connectivity index is 1.61. The van der Waals surface area contributed by atoms with Gasteiger partial charge in [0.1, 0.15) is 0 Å². The van der Waals surface area contributed by atoms with E-state index in [-0.39, 0.29) is 0 Å². The Bertz CT molecular complexity index is 392. The molecule has 2 saturated carbocycles. The van der Waals surface area contributed by atoms with E-state index in [9.17, 15) is 0 Å². The van der Waals surface area contributed by atoms with E-state index in [0.29, 0.717) is 24.5 Å². The summed E-state index contributed by atoms with van der Waals surface area (Å²) in [7, 11) is 0. The van der Waals surface area contributed by atoms with E-state index in [1.54, 1.807) is 0 Å². The molecule has 94 valence electrons. The normalized spacial score (nSPS) is 32.9. The van der Waals surface area contributed by atoms with Crippen molar-refractivity contribution in [1.82, 2.24) is 10.2 Å². The molecule has 3 rings (SSSR count). The number of nitrogens with two attached hydrogens (primary N) is 1. The molecule has 4 unspecified atom stereocenters. The fourth-order valence-corrected chi connectivity index (χ4v) is 3.60. The first kappa shape index (κ1) is 11.0. The van der Waals surface area contributed by atoms with Crippen molar-refractivity contribution in [2.24, 2.45) is 23.5 Å². The lowest BCUT2D eigenvalue weighted by molar-refractivity contribution is 0.300. The summed E-state index contributed by atoms with van der Waals surface area (Å²) in [4.78, 5) is 0. The number of nitrogens with one attached hydrogen (secondary N) is 1. The molecule has 0 aliphatic heterocycles. The smallest absolute Gasteiger partial charge is 0.315 e. The van der Waals surface area contributed by atoms with Crippen LogP contribution in [-0.4, -0.2) is 16.2 Å². The van der Waals surface area contributed by atoms with Crippen LogP contribution in [-0.2, 0) is 6.54 Å². The summed E-state index contributed by atoms with van der Waals surface area (Å²) in [6.07, 6.45) is 5.62. The summed E-state index contributed by atoms with van der Waals surface area (Å²) in [6, 6.07) is 0.928. The lowest BCUT2D eigenvalue weighted by atomic mass is 9.84. The first-order valence-corrected chi connectivity index (χ1v) is 6.55. The van der Waals surface area contributed by atoms with Crippen molar-refractivity contribution >= 4 is 6.01 Å². The Morgan fingerprint density at radius 3 is 2.88 bits per heavy atom. The number of hydrogen-bond donors (Lipinski definition) is 2. The van der Waals surface area contributed by atoms with Gasteiger partial charge in [-0.3, -0.25) is 0 Å². The zero-order valence-electron chi connectivity index (χ0n) is 10.2. The van der Waals surface area contributed by atoms with Crippen LogP contribution in [0.3, 0.4) is 0 Å². The summed E-state index contributed by atoms with van der Waals surface area (Å²) >= 11 is 0. The maximum Gasteiger partial charge on any atom is 0.315 e. The number of anilines is 1. The molecule has 1 aromatic heterocycles. The molecule has 0 aromatic carbocycles. The summed E-state index contributed by atoms with van der Waals surface area (Å²) < 4.78 is 5.38. The average molecular weight is 236 g/mol. The number of hydrogen-bond acceptors (Lipinski definition) is 5. The standard InChI is InChI=1S/C12H20N4O/c1-7(10-5-8-2-3-9(10)4-8)14-12-16-15-11(6-13)17-12/h7-10H,2-6,13H2,1H3,(H,14,16). The molecule has 0 amide bonds. The summed E-state index contributed by atoms with van der Waals surface area (Å²) in [5.74, 6) is 3.13. The van der Waals surface area contributed by atoms with E-state index in [1.165, 1.54) is 25.7 Å². The number of rotatable bonds is 4. The average Bonchev–Trinajstić information content (AvgIpc) is 3.04. The van der Waals surface area contributed by atoms with Gasteiger partial charge >= 0.3 is 6.01 Å². The van der Waals surface area contributed by atoms with Gasteiger partial charge in [-0.25, -0.2) is 0 Å². The number of aromatic nitrogens is 2. The highest BCUT2D eigenvalue weighted by molar-refractivity contribution is 5.20. The second kappa shape index (κ2) is 4.29. The van der Waals surface area contributed by atoms with Gasteiger partial charge in [-0.2, -0.15) is 0 Å². The van der Waals surface area contributed by atoms with Crippen molar-refractivity contribution in [1.29, 1.82) is 0 Å². The molecule has 5 nitrogen and oxygen atoms in total. The molecule has 2 aliphatic carbocycles. The molecule has 1 heterocycles. The lowest BCUT2D eigenvalue weighted by Gasteiger charge is -2.27. The second-order valence-electron chi connectivity index (χ2n) is 5.48. The molecule has 1 aromatic rings. The highest BCUT2D eigenvalue weighted by Crippen LogP contribution is 2.49. The second-order valence-corrected chi connectivity index (χ2v) is 5.48. The topological polar surface area (TPSA) is 77.0 Å². The molecule has 3 N–H and O–H groups in total. The van der Waals surface area contributed by atoms with E-state index in [2.05, 4.69) is 22.4 Å². The van der Waals surface area contributed by atoms with Crippen molar-refractivity contribution in [2.45, 2.75) is 45.2 Å². The Morgan fingerprint density at radius 1 is 1.41 bits per heavy atom. The molecule has 5 heteroatoms. The zero-order valence-corrected chi connectivity index (χ0v) is 10.2. The van der Waals surface area contributed by atoms with Crippen LogP contribution >= 0.6 is 0 Å². The van der Waals surface area contributed by atoms with Crippen molar-refractivity contribution in [3.63, 3.8) is 0 Å². The quantitative estimate of drug-likeness (QED) is 0.833. The molecule has 2 fully saturated rings. The third-order valence-electron chi connectivity index (χ3n) is 4.43. The van der Waals surface area contributed by atoms with Gasteiger partial charge in [0.25, 0.3) is 0 Å². The van der Waals surface area contributed by atoms with Crippen LogP contribution in [0.15, 0.2) is 4.42 Å². The van der Waals surface area contributed by atoms with Crippen LogP contribution in [0.5, 0.6) is 0 Å².